The van der Waals surface area contributed by atoms with Crippen molar-refractivity contribution < 1.29 is 9.63 Å². The van der Waals surface area contributed by atoms with Gasteiger partial charge in [0.25, 0.3) is 0 Å². The zero-order valence-corrected chi connectivity index (χ0v) is 16.2. The van der Waals surface area contributed by atoms with E-state index in [0.29, 0.717) is 29.2 Å². The van der Waals surface area contributed by atoms with Crippen LogP contribution in [0.2, 0.25) is 0 Å². The number of primary amides is 1. The number of fused-ring (bicyclic) bond motifs is 2. The highest BCUT2D eigenvalue weighted by Gasteiger charge is 2.11. The lowest BCUT2D eigenvalue weighted by Gasteiger charge is -2.05. The summed E-state index contributed by atoms with van der Waals surface area (Å²) < 4.78 is 1.69. The number of urea groups is 1. The van der Waals surface area contributed by atoms with Crippen molar-refractivity contribution in [1.29, 1.82) is 0 Å². The van der Waals surface area contributed by atoms with Gasteiger partial charge < -0.3 is 15.9 Å². The zero-order chi connectivity index (χ0) is 20.9. The van der Waals surface area contributed by atoms with Gasteiger partial charge in [-0.1, -0.05) is 22.5 Å². The van der Waals surface area contributed by atoms with Crippen molar-refractivity contribution in [3.8, 4) is 0 Å². The molecule has 3 N–H and O–H groups in total. The van der Waals surface area contributed by atoms with Crippen molar-refractivity contribution >= 4 is 33.9 Å². The summed E-state index contributed by atoms with van der Waals surface area (Å²) in [7, 11) is 0. The van der Waals surface area contributed by atoms with E-state index in [-0.39, 0.29) is 13.2 Å². The zero-order valence-electron chi connectivity index (χ0n) is 16.2. The van der Waals surface area contributed by atoms with Gasteiger partial charge in [0, 0.05) is 11.6 Å². The Balaban J connectivity index is 1.52. The number of nitrogens with one attached hydrogen (secondary N) is 1. The molecule has 3 heterocycles. The maximum atomic E-state index is 10.6. The van der Waals surface area contributed by atoms with Gasteiger partial charge in [0.15, 0.2) is 5.65 Å². The molecule has 0 spiro atoms. The Kier molecular flexibility index (Phi) is 5.42. The van der Waals surface area contributed by atoms with E-state index in [0.717, 1.165) is 16.5 Å². The monoisotopic (exact) mass is 405 g/mol. The SMILES string of the molecule is C/C(=N/OCCNC(N)=O)c1cnc2nnn(Cc3ccc4ncccc4c3)c2n1. The van der Waals surface area contributed by atoms with E-state index in [1.165, 1.54) is 0 Å². The van der Waals surface area contributed by atoms with Crippen LogP contribution in [0.25, 0.3) is 22.2 Å². The molecule has 0 unspecified atom stereocenters. The molecule has 30 heavy (non-hydrogen) atoms. The molecule has 0 atom stereocenters. The summed E-state index contributed by atoms with van der Waals surface area (Å²) in [5.74, 6) is 0. The molecule has 1 aromatic carbocycles. The van der Waals surface area contributed by atoms with Crippen LogP contribution >= 0.6 is 0 Å². The van der Waals surface area contributed by atoms with E-state index in [1.807, 2.05) is 24.3 Å². The number of benzene rings is 1. The van der Waals surface area contributed by atoms with E-state index >= 15 is 0 Å². The average molecular weight is 405 g/mol. The Morgan fingerprint density at radius 1 is 1.30 bits per heavy atom. The van der Waals surface area contributed by atoms with Crippen LogP contribution in [0, 0.1) is 0 Å². The van der Waals surface area contributed by atoms with Gasteiger partial charge in [-0.15, -0.1) is 5.10 Å². The van der Waals surface area contributed by atoms with Crippen LogP contribution in [0.15, 0.2) is 47.9 Å². The minimum absolute atomic E-state index is 0.187. The van der Waals surface area contributed by atoms with E-state index < -0.39 is 6.03 Å². The molecule has 11 heteroatoms. The molecule has 4 rings (SSSR count). The molecule has 3 aromatic heterocycles. The number of hydrogen-bond donors (Lipinski definition) is 2. The van der Waals surface area contributed by atoms with Crippen molar-refractivity contribution in [2.24, 2.45) is 10.9 Å². The van der Waals surface area contributed by atoms with Crippen LogP contribution < -0.4 is 11.1 Å². The second kappa shape index (κ2) is 8.47. The maximum absolute atomic E-state index is 10.6. The first-order chi connectivity index (χ1) is 14.6. The van der Waals surface area contributed by atoms with Crippen molar-refractivity contribution in [2.45, 2.75) is 13.5 Å². The molecular formula is C19H19N9O2. The lowest BCUT2D eigenvalue weighted by atomic mass is 10.1. The van der Waals surface area contributed by atoms with Gasteiger partial charge in [-0.2, -0.15) is 0 Å². The number of nitrogens with zero attached hydrogens (tertiary/aromatic N) is 7. The third-order valence-electron chi connectivity index (χ3n) is 4.29. The molecule has 0 fully saturated rings. The molecule has 152 valence electrons. The normalized spacial score (nSPS) is 11.7. The van der Waals surface area contributed by atoms with Crippen molar-refractivity contribution in [3.05, 3.63) is 54.0 Å². The molecule has 2 amide bonds. The first-order valence-corrected chi connectivity index (χ1v) is 9.20. The van der Waals surface area contributed by atoms with Crippen molar-refractivity contribution in [3.63, 3.8) is 0 Å². The summed E-state index contributed by atoms with van der Waals surface area (Å²) >= 11 is 0. The topological polar surface area (TPSA) is 146 Å². The molecule has 0 aliphatic rings. The van der Waals surface area contributed by atoms with Gasteiger partial charge in [0.05, 0.1) is 24.8 Å². The predicted molar refractivity (Wildman–Crippen MR) is 110 cm³/mol. The number of nitrogens with two attached hydrogens (primary N) is 1. The number of hydrogen-bond acceptors (Lipinski definition) is 8. The summed E-state index contributed by atoms with van der Waals surface area (Å²) in [4.78, 5) is 29.0. The summed E-state index contributed by atoms with van der Waals surface area (Å²) in [5, 5.41) is 15.7. The molecule has 0 radical (unpaired) electrons. The van der Waals surface area contributed by atoms with E-state index in [1.54, 1.807) is 24.0 Å². The number of rotatable bonds is 7. The molecular weight excluding hydrogens is 386 g/mol. The predicted octanol–water partition coefficient (Wildman–Crippen LogP) is 1.23. The summed E-state index contributed by atoms with van der Waals surface area (Å²) in [6.45, 7) is 2.69. The summed E-state index contributed by atoms with van der Waals surface area (Å²) in [6, 6.07) is 9.35. The lowest BCUT2D eigenvalue weighted by Crippen LogP contribution is -2.31. The molecule has 0 aliphatic carbocycles. The number of aromatic nitrogens is 6. The third kappa shape index (κ3) is 4.29. The van der Waals surface area contributed by atoms with Crippen LogP contribution in [0.3, 0.4) is 0 Å². The van der Waals surface area contributed by atoms with Crippen LogP contribution in [0.5, 0.6) is 0 Å². The number of carbonyl (C=O) groups is 1. The Morgan fingerprint density at radius 2 is 2.20 bits per heavy atom. The second-order valence-corrected chi connectivity index (χ2v) is 6.48. The van der Waals surface area contributed by atoms with Crippen LogP contribution in [0.1, 0.15) is 18.2 Å². The molecule has 0 aliphatic heterocycles. The fraction of sp³-hybridized carbons (Fsp3) is 0.211. The van der Waals surface area contributed by atoms with Crippen LogP contribution in [-0.4, -0.2) is 54.8 Å². The molecule has 4 aromatic rings. The quantitative estimate of drug-likeness (QED) is 0.267. The van der Waals surface area contributed by atoms with Gasteiger partial charge in [-0.3, -0.25) is 4.98 Å². The lowest BCUT2D eigenvalue weighted by molar-refractivity contribution is 0.147. The van der Waals surface area contributed by atoms with Gasteiger partial charge in [0.2, 0.25) is 5.65 Å². The van der Waals surface area contributed by atoms with Gasteiger partial charge in [-0.05, 0) is 30.7 Å². The van der Waals surface area contributed by atoms with Crippen LogP contribution in [0.4, 0.5) is 4.79 Å². The van der Waals surface area contributed by atoms with Crippen LogP contribution in [-0.2, 0) is 11.4 Å². The highest BCUT2D eigenvalue weighted by molar-refractivity contribution is 5.97. The second-order valence-electron chi connectivity index (χ2n) is 6.48. The Bertz CT molecular complexity index is 1240. The fourth-order valence-electron chi connectivity index (χ4n) is 2.84. The maximum Gasteiger partial charge on any atom is 0.312 e. The van der Waals surface area contributed by atoms with Crippen molar-refractivity contribution in [2.75, 3.05) is 13.2 Å². The number of carbonyl (C=O) groups excluding carboxylic acids is 1. The average Bonchev–Trinajstić information content (AvgIpc) is 3.15. The van der Waals surface area contributed by atoms with Gasteiger partial charge in [-0.25, -0.2) is 19.4 Å². The Morgan fingerprint density at radius 3 is 3.07 bits per heavy atom. The van der Waals surface area contributed by atoms with E-state index in [2.05, 4.69) is 41.8 Å². The number of oxime groups is 1. The summed E-state index contributed by atoms with van der Waals surface area (Å²) in [5.41, 5.74) is 9.03. The third-order valence-corrected chi connectivity index (χ3v) is 4.29. The highest BCUT2D eigenvalue weighted by Crippen LogP contribution is 2.15. The van der Waals surface area contributed by atoms with Crippen molar-refractivity contribution in [1.82, 2.24) is 35.3 Å². The first kappa shape index (κ1) is 19.2. The fourth-order valence-corrected chi connectivity index (χ4v) is 2.84. The Hall–Kier alpha value is -4.15. The van der Waals surface area contributed by atoms with E-state index in [9.17, 15) is 4.79 Å². The minimum atomic E-state index is -0.612. The smallest absolute Gasteiger partial charge is 0.312 e. The van der Waals surface area contributed by atoms with Gasteiger partial charge in [0.1, 0.15) is 18.0 Å². The first-order valence-electron chi connectivity index (χ1n) is 9.20. The summed E-state index contributed by atoms with van der Waals surface area (Å²) in [6.07, 6.45) is 3.33. The largest absolute Gasteiger partial charge is 0.394 e. The highest BCUT2D eigenvalue weighted by atomic mass is 16.6. The molecule has 0 saturated heterocycles. The van der Waals surface area contributed by atoms with E-state index in [4.69, 9.17) is 10.6 Å². The standard InChI is InChI=1S/C19H19N9O2/c1-12(26-30-8-7-22-19(20)29)16-10-23-17-18(24-16)28(27-25-17)11-13-4-5-15-14(9-13)3-2-6-21-15/h2-6,9-10H,7-8,11H2,1H3,(H3,20,22,29)/b26-12-. The number of pyridine rings is 1. The molecule has 0 bridgehead atoms. The Labute approximate surface area is 171 Å². The minimum Gasteiger partial charge on any atom is -0.394 e. The number of amides is 2. The molecule has 0 saturated carbocycles. The molecule has 11 nitrogen and oxygen atoms in total. The van der Waals surface area contributed by atoms with Gasteiger partial charge >= 0.3 is 6.03 Å².